The van der Waals surface area contributed by atoms with Crippen LogP contribution in [-0.2, 0) is 0 Å². The van der Waals surface area contributed by atoms with Crippen molar-refractivity contribution in [2.75, 3.05) is 24.7 Å². The molecule has 0 saturated carbocycles. The van der Waals surface area contributed by atoms with Crippen molar-refractivity contribution in [2.24, 2.45) is 0 Å². The molecule has 0 spiro atoms. The van der Waals surface area contributed by atoms with Gasteiger partial charge in [-0.05, 0) is 47.9 Å². The van der Waals surface area contributed by atoms with E-state index >= 15 is 0 Å². The number of rotatable bonds is 5. The first-order valence-electron chi connectivity index (χ1n) is 8.33. The van der Waals surface area contributed by atoms with E-state index in [-0.39, 0.29) is 5.92 Å². The number of benzene rings is 3. The first-order chi connectivity index (χ1) is 11.7. The van der Waals surface area contributed by atoms with Crippen molar-refractivity contribution in [3.63, 3.8) is 0 Å². The summed E-state index contributed by atoms with van der Waals surface area (Å²) in [5, 5.41) is 6.37. The van der Waals surface area contributed by atoms with Gasteiger partial charge in [0.25, 0.3) is 0 Å². The Morgan fingerprint density at radius 3 is 1.21 bits per heavy atom. The smallest absolute Gasteiger partial charge is 0.0340 e. The Labute approximate surface area is 144 Å². The molecule has 0 bridgehead atoms. The molecule has 0 aliphatic heterocycles. The molecule has 0 heterocycles. The summed E-state index contributed by atoms with van der Waals surface area (Å²) in [5.74, 6) is 0.238. The van der Waals surface area contributed by atoms with Crippen LogP contribution in [0.5, 0.6) is 0 Å². The fraction of sp³-hybridized carbons (Fsp3) is 0.182. The van der Waals surface area contributed by atoms with Crippen LogP contribution in [0.1, 0.15) is 28.2 Å². The minimum absolute atomic E-state index is 0.238. The second-order valence-electron chi connectivity index (χ2n) is 6.09. The van der Waals surface area contributed by atoms with Gasteiger partial charge in [-0.15, -0.1) is 0 Å². The quantitative estimate of drug-likeness (QED) is 0.627. The van der Waals surface area contributed by atoms with Crippen LogP contribution in [0.4, 0.5) is 11.4 Å². The topological polar surface area (TPSA) is 24.1 Å². The number of anilines is 2. The normalized spacial score (nSPS) is 10.7. The molecule has 2 N–H and O–H groups in total. The Kier molecular flexibility index (Phi) is 4.85. The highest BCUT2D eigenvalue weighted by atomic mass is 14.8. The van der Waals surface area contributed by atoms with E-state index in [1.54, 1.807) is 0 Å². The molecule has 0 unspecified atom stereocenters. The van der Waals surface area contributed by atoms with Crippen LogP contribution in [0, 0.1) is 6.92 Å². The largest absolute Gasteiger partial charge is 0.388 e. The van der Waals surface area contributed by atoms with Crippen molar-refractivity contribution in [2.45, 2.75) is 12.8 Å². The van der Waals surface area contributed by atoms with Crippen LogP contribution < -0.4 is 10.6 Å². The molecule has 2 nitrogen and oxygen atoms in total. The summed E-state index contributed by atoms with van der Waals surface area (Å²) in [7, 11) is 3.89. The van der Waals surface area contributed by atoms with Crippen molar-refractivity contribution in [1.82, 2.24) is 0 Å². The molecule has 24 heavy (non-hydrogen) atoms. The summed E-state index contributed by atoms with van der Waals surface area (Å²) in [5.41, 5.74) is 7.47. The maximum Gasteiger partial charge on any atom is 0.0340 e. The van der Waals surface area contributed by atoms with Crippen LogP contribution >= 0.6 is 0 Å². The van der Waals surface area contributed by atoms with Gasteiger partial charge in [-0.3, -0.25) is 0 Å². The molecular weight excluding hydrogens is 292 g/mol. The van der Waals surface area contributed by atoms with Gasteiger partial charge in [0, 0.05) is 31.4 Å². The lowest BCUT2D eigenvalue weighted by atomic mass is 9.85. The van der Waals surface area contributed by atoms with E-state index in [0.29, 0.717) is 0 Å². The van der Waals surface area contributed by atoms with Gasteiger partial charge in [-0.2, -0.15) is 0 Å². The zero-order valence-corrected chi connectivity index (χ0v) is 14.5. The fourth-order valence-electron chi connectivity index (χ4n) is 3.02. The van der Waals surface area contributed by atoms with Gasteiger partial charge < -0.3 is 10.6 Å². The van der Waals surface area contributed by atoms with E-state index < -0.39 is 0 Å². The lowest BCUT2D eigenvalue weighted by Crippen LogP contribution is -2.04. The van der Waals surface area contributed by atoms with Crippen LogP contribution in [0.25, 0.3) is 0 Å². The molecule has 0 aliphatic rings. The van der Waals surface area contributed by atoms with E-state index in [9.17, 15) is 0 Å². The molecule has 122 valence electrons. The highest BCUT2D eigenvalue weighted by Gasteiger charge is 2.16. The van der Waals surface area contributed by atoms with Gasteiger partial charge in [0.15, 0.2) is 0 Å². The van der Waals surface area contributed by atoms with Crippen molar-refractivity contribution in [1.29, 1.82) is 0 Å². The maximum absolute atomic E-state index is 3.19. The Morgan fingerprint density at radius 2 is 0.875 bits per heavy atom. The highest BCUT2D eigenvalue weighted by Crippen LogP contribution is 2.33. The Balaban J connectivity index is 2.06. The molecule has 3 rings (SSSR count). The van der Waals surface area contributed by atoms with Crippen LogP contribution in [0.15, 0.2) is 72.8 Å². The highest BCUT2D eigenvalue weighted by molar-refractivity contribution is 5.52. The standard InChI is InChI=1S/C22H24N2/c1-16-4-6-17(7-5-16)22(18-8-12-20(23-2)13-9-18)19-10-14-21(24-3)15-11-19/h4-15,22-24H,1-3H3. The average molecular weight is 316 g/mol. The van der Waals surface area contributed by atoms with E-state index in [2.05, 4.69) is 90.4 Å². The zero-order valence-electron chi connectivity index (χ0n) is 14.5. The lowest BCUT2D eigenvalue weighted by Gasteiger charge is -2.20. The minimum atomic E-state index is 0.238. The maximum atomic E-state index is 3.19. The predicted octanol–water partition coefficient (Wildman–Crippen LogP) is 5.26. The number of hydrogen-bond acceptors (Lipinski definition) is 2. The summed E-state index contributed by atoms with van der Waals surface area (Å²) >= 11 is 0. The second kappa shape index (κ2) is 7.22. The summed E-state index contributed by atoms with van der Waals surface area (Å²) in [4.78, 5) is 0. The molecular formula is C22H24N2. The molecule has 0 saturated heterocycles. The molecule has 0 atom stereocenters. The SMILES string of the molecule is CNc1ccc(C(c2ccc(C)cc2)c2ccc(NC)cc2)cc1. The first kappa shape index (κ1) is 16.1. The van der Waals surface area contributed by atoms with Gasteiger partial charge in [-0.25, -0.2) is 0 Å². The van der Waals surface area contributed by atoms with Gasteiger partial charge in [0.1, 0.15) is 0 Å². The van der Waals surface area contributed by atoms with E-state index in [1.807, 2.05) is 14.1 Å². The Hall–Kier alpha value is -2.74. The summed E-state index contributed by atoms with van der Waals surface area (Å²) in [6.07, 6.45) is 0. The van der Waals surface area contributed by atoms with Crippen molar-refractivity contribution < 1.29 is 0 Å². The third-order valence-corrected chi connectivity index (χ3v) is 4.48. The second-order valence-corrected chi connectivity index (χ2v) is 6.09. The van der Waals surface area contributed by atoms with Crippen molar-refractivity contribution in [3.05, 3.63) is 95.1 Å². The molecule has 0 amide bonds. The van der Waals surface area contributed by atoms with Crippen molar-refractivity contribution >= 4 is 11.4 Å². The summed E-state index contributed by atoms with van der Waals surface area (Å²) in [6, 6.07) is 26.2. The van der Waals surface area contributed by atoms with Crippen LogP contribution in [-0.4, -0.2) is 14.1 Å². The van der Waals surface area contributed by atoms with Gasteiger partial charge >= 0.3 is 0 Å². The molecule has 0 fully saturated rings. The van der Waals surface area contributed by atoms with Gasteiger partial charge in [-0.1, -0.05) is 54.1 Å². The van der Waals surface area contributed by atoms with E-state index in [4.69, 9.17) is 0 Å². The number of hydrogen-bond donors (Lipinski definition) is 2. The monoisotopic (exact) mass is 316 g/mol. The fourth-order valence-corrected chi connectivity index (χ4v) is 3.02. The summed E-state index contributed by atoms with van der Waals surface area (Å²) < 4.78 is 0. The lowest BCUT2D eigenvalue weighted by molar-refractivity contribution is 0.976. The molecule has 3 aromatic carbocycles. The van der Waals surface area contributed by atoms with Crippen LogP contribution in [0.3, 0.4) is 0 Å². The van der Waals surface area contributed by atoms with Gasteiger partial charge in [0.05, 0.1) is 0 Å². The number of aryl methyl sites for hydroxylation is 1. The van der Waals surface area contributed by atoms with Gasteiger partial charge in [0.2, 0.25) is 0 Å². The molecule has 0 aliphatic carbocycles. The molecule has 0 radical (unpaired) electrons. The van der Waals surface area contributed by atoms with E-state index in [0.717, 1.165) is 11.4 Å². The molecule has 0 aromatic heterocycles. The summed E-state index contributed by atoms with van der Waals surface area (Å²) in [6.45, 7) is 2.13. The van der Waals surface area contributed by atoms with E-state index in [1.165, 1.54) is 22.3 Å². The number of nitrogens with one attached hydrogen (secondary N) is 2. The third kappa shape index (κ3) is 3.43. The first-order valence-corrected chi connectivity index (χ1v) is 8.33. The predicted molar refractivity (Wildman–Crippen MR) is 104 cm³/mol. The Bertz CT molecular complexity index is 724. The average Bonchev–Trinajstić information content (AvgIpc) is 2.64. The molecule has 2 heteroatoms. The third-order valence-electron chi connectivity index (χ3n) is 4.48. The minimum Gasteiger partial charge on any atom is -0.388 e. The molecule has 3 aromatic rings. The zero-order chi connectivity index (χ0) is 16.9. The van der Waals surface area contributed by atoms with Crippen molar-refractivity contribution in [3.8, 4) is 0 Å². The Morgan fingerprint density at radius 1 is 0.542 bits per heavy atom. The van der Waals surface area contributed by atoms with Crippen LogP contribution in [0.2, 0.25) is 0 Å².